The van der Waals surface area contributed by atoms with Gasteiger partial charge >= 0.3 is 0 Å². The van der Waals surface area contributed by atoms with Crippen LogP contribution >= 0.6 is 0 Å². The van der Waals surface area contributed by atoms with Crippen molar-refractivity contribution in [2.45, 2.75) is 6.54 Å². The number of benzene rings is 2. The van der Waals surface area contributed by atoms with Gasteiger partial charge in [0.05, 0.1) is 31.7 Å². The highest BCUT2D eigenvalue weighted by molar-refractivity contribution is 5.94. The molecular weight excluding hydrogens is 279 g/mol. The van der Waals surface area contributed by atoms with Crippen LogP contribution in [0.1, 0.15) is 15.9 Å². The molecule has 0 aromatic heterocycles. The topological polar surface area (TPSA) is 24.8 Å². The molecule has 1 heterocycles. The third-order valence-corrected chi connectivity index (χ3v) is 4.16. The molecule has 4 heteroatoms. The second-order valence-corrected chi connectivity index (χ2v) is 5.68. The van der Waals surface area contributed by atoms with Crippen LogP contribution in [0.2, 0.25) is 0 Å². The average Bonchev–Trinajstić information content (AvgIpc) is 2.56. The van der Waals surface area contributed by atoms with Gasteiger partial charge in [-0.2, -0.15) is 0 Å². The fourth-order valence-electron chi connectivity index (χ4n) is 2.89. The SMILES string of the molecule is O=C(c1ccccc1F)N1CC[NH+](Cc2ccccc2)CC1. The summed E-state index contributed by atoms with van der Waals surface area (Å²) in [5.74, 6) is -0.636. The smallest absolute Gasteiger partial charge is 0.257 e. The molecule has 1 fully saturated rings. The molecule has 3 rings (SSSR count). The maximum Gasteiger partial charge on any atom is 0.257 e. The molecular formula is C18H20FN2O+. The van der Waals surface area contributed by atoms with Gasteiger partial charge in [0.1, 0.15) is 12.4 Å². The van der Waals surface area contributed by atoms with E-state index in [0.29, 0.717) is 13.1 Å². The lowest BCUT2D eigenvalue weighted by Crippen LogP contribution is -3.13. The molecule has 0 unspecified atom stereocenters. The molecule has 0 radical (unpaired) electrons. The van der Waals surface area contributed by atoms with Gasteiger partial charge in [0, 0.05) is 5.56 Å². The zero-order chi connectivity index (χ0) is 15.4. The number of piperazine rings is 1. The van der Waals surface area contributed by atoms with Crippen LogP contribution in [0.4, 0.5) is 4.39 Å². The molecule has 0 spiro atoms. The molecule has 2 aromatic carbocycles. The normalized spacial score (nSPS) is 15.8. The van der Waals surface area contributed by atoms with Crippen molar-refractivity contribution in [1.82, 2.24) is 4.90 Å². The van der Waals surface area contributed by atoms with Crippen molar-refractivity contribution in [2.24, 2.45) is 0 Å². The van der Waals surface area contributed by atoms with E-state index in [0.717, 1.165) is 19.6 Å². The summed E-state index contributed by atoms with van der Waals surface area (Å²) in [4.78, 5) is 15.6. The fraction of sp³-hybridized carbons (Fsp3) is 0.278. The summed E-state index contributed by atoms with van der Waals surface area (Å²) in [5, 5.41) is 0. The van der Waals surface area contributed by atoms with E-state index in [2.05, 4.69) is 12.1 Å². The first-order chi connectivity index (χ1) is 10.7. The lowest BCUT2D eigenvalue weighted by molar-refractivity contribution is -0.917. The second kappa shape index (κ2) is 6.71. The van der Waals surface area contributed by atoms with E-state index >= 15 is 0 Å². The third-order valence-electron chi connectivity index (χ3n) is 4.16. The number of amides is 1. The molecule has 2 aromatic rings. The molecule has 0 aliphatic carbocycles. The van der Waals surface area contributed by atoms with Gasteiger partial charge in [-0.15, -0.1) is 0 Å². The first-order valence-electron chi connectivity index (χ1n) is 7.65. The van der Waals surface area contributed by atoms with Gasteiger partial charge in [-0.05, 0) is 12.1 Å². The molecule has 1 saturated heterocycles. The van der Waals surface area contributed by atoms with Crippen molar-refractivity contribution in [3.63, 3.8) is 0 Å². The number of halogens is 1. The fourth-order valence-corrected chi connectivity index (χ4v) is 2.89. The predicted octanol–water partition coefficient (Wildman–Crippen LogP) is 1.37. The van der Waals surface area contributed by atoms with E-state index in [4.69, 9.17) is 0 Å². The van der Waals surface area contributed by atoms with Gasteiger partial charge in [0.2, 0.25) is 0 Å². The van der Waals surface area contributed by atoms with Crippen LogP contribution in [0.15, 0.2) is 54.6 Å². The number of carbonyl (C=O) groups excluding carboxylic acids is 1. The standard InChI is InChI=1S/C18H19FN2O/c19-17-9-5-4-8-16(17)18(22)21-12-10-20(11-13-21)14-15-6-2-1-3-7-15/h1-9H,10-14H2/p+1. The zero-order valence-electron chi connectivity index (χ0n) is 12.5. The van der Waals surface area contributed by atoms with E-state index < -0.39 is 5.82 Å². The van der Waals surface area contributed by atoms with Crippen molar-refractivity contribution >= 4 is 5.91 Å². The quantitative estimate of drug-likeness (QED) is 0.909. The highest BCUT2D eigenvalue weighted by Gasteiger charge is 2.25. The van der Waals surface area contributed by atoms with Crippen LogP contribution in [-0.2, 0) is 6.54 Å². The van der Waals surface area contributed by atoms with Gasteiger partial charge in [-0.3, -0.25) is 4.79 Å². The van der Waals surface area contributed by atoms with E-state index in [-0.39, 0.29) is 11.5 Å². The summed E-state index contributed by atoms with van der Waals surface area (Å²) in [6.07, 6.45) is 0. The molecule has 22 heavy (non-hydrogen) atoms. The van der Waals surface area contributed by atoms with E-state index in [1.54, 1.807) is 23.1 Å². The summed E-state index contributed by atoms with van der Waals surface area (Å²) in [6, 6.07) is 16.6. The Labute approximate surface area is 130 Å². The number of quaternary nitrogens is 1. The van der Waals surface area contributed by atoms with Crippen molar-refractivity contribution < 1.29 is 14.1 Å². The van der Waals surface area contributed by atoms with Gasteiger partial charge in [-0.1, -0.05) is 42.5 Å². The molecule has 1 amide bonds. The Kier molecular flexibility index (Phi) is 4.49. The van der Waals surface area contributed by atoms with E-state index in [1.807, 2.05) is 18.2 Å². The minimum atomic E-state index is -0.438. The Hall–Kier alpha value is -2.20. The average molecular weight is 299 g/mol. The van der Waals surface area contributed by atoms with Gasteiger partial charge < -0.3 is 9.80 Å². The van der Waals surface area contributed by atoms with Crippen LogP contribution in [0, 0.1) is 5.82 Å². The maximum atomic E-state index is 13.7. The van der Waals surface area contributed by atoms with Gasteiger partial charge in [0.25, 0.3) is 5.91 Å². The lowest BCUT2D eigenvalue weighted by Gasteiger charge is -2.32. The van der Waals surface area contributed by atoms with E-state index in [9.17, 15) is 9.18 Å². The number of nitrogens with zero attached hydrogens (tertiary/aromatic N) is 1. The zero-order valence-corrected chi connectivity index (χ0v) is 12.5. The minimum Gasteiger partial charge on any atom is -0.328 e. The Morgan fingerprint density at radius 2 is 1.64 bits per heavy atom. The molecule has 0 atom stereocenters. The summed E-state index contributed by atoms with van der Waals surface area (Å²) < 4.78 is 13.7. The summed E-state index contributed by atoms with van der Waals surface area (Å²) >= 11 is 0. The molecule has 3 nitrogen and oxygen atoms in total. The van der Waals surface area contributed by atoms with Crippen LogP contribution in [0.25, 0.3) is 0 Å². The largest absolute Gasteiger partial charge is 0.328 e. The predicted molar refractivity (Wildman–Crippen MR) is 83.1 cm³/mol. The molecule has 1 aliphatic heterocycles. The summed E-state index contributed by atoms with van der Waals surface area (Å²) in [7, 11) is 0. The number of nitrogens with one attached hydrogen (secondary N) is 1. The molecule has 1 aliphatic rings. The number of hydrogen-bond donors (Lipinski definition) is 1. The molecule has 0 bridgehead atoms. The maximum absolute atomic E-state index is 13.7. The Morgan fingerprint density at radius 1 is 1.00 bits per heavy atom. The Bertz CT molecular complexity index is 637. The first-order valence-corrected chi connectivity index (χ1v) is 7.65. The number of rotatable bonds is 3. The first kappa shape index (κ1) is 14.7. The highest BCUT2D eigenvalue weighted by Crippen LogP contribution is 2.10. The van der Waals surface area contributed by atoms with Crippen LogP contribution < -0.4 is 4.90 Å². The third kappa shape index (κ3) is 3.34. The van der Waals surface area contributed by atoms with Crippen molar-refractivity contribution in [3.05, 3.63) is 71.5 Å². The van der Waals surface area contributed by atoms with Crippen molar-refractivity contribution in [1.29, 1.82) is 0 Å². The summed E-state index contributed by atoms with van der Waals surface area (Å²) in [6.45, 7) is 4.12. The van der Waals surface area contributed by atoms with Crippen LogP contribution in [0.3, 0.4) is 0 Å². The summed E-state index contributed by atoms with van der Waals surface area (Å²) in [5.41, 5.74) is 1.49. The molecule has 1 N–H and O–H groups in total. The van der Waals surface area contributed by atoms with Crippen LogP contribution in [0.5, 0.6) is 0 Å². The lowest BCUT2D eigenvalue weighted by atomic mass is 10.1. The van der Waals surface area contributed by atoms with Crippen molar-refractivity contribution in [3.8, 4) is 0 Å². The Morgan fingerprint density at radius 3 is 2.32 bits per heavy atom. The second-order valence-electron chi connectivity index (χ2n) is 5.68. The minimum absolute atomic E-state index is 0.175. The van der Waals surface area contributed by atoms with E-state index in [1.165, 1.54) is 16.5 Å². The molecule has 114 valence electrons. The molecule has 0 saturated carbocycles. The van der Waals surface area contributed by atoms with Gasteiger partial charge in [-0.25, -0.2) is 4.39 Å². The Balaban J connectivity index is 1.58. The van der Waals surface area contributed by atoms with Crippen LogP contribution in [-0.4, -0.2) is 37.0 Å². The number of hydrogen-bond acceptors (Lipinski definition) is 1. The van der Waals surface area contributed by atoms with Crippen molar-refractivity contribution in [2.75, 3.05) is 26.2 Å². The highest BCUT2D eigenvalue weighted by atomic mass is 19.1. The van der Waals surface area contributed by atoms with Gasteiger partial charge in [0.15, 0.2) is 0 Å². The monoisotopic (exact) mass is 299 g/mol. The number of carbonyl (C=O) groups is 1.